The maximum atomic E-state index is 12.4. The summed E-state index contributed by atoms with van der Waals surface area (Å²) in [5.74, 6) is 0.743. The van der Waals surface area contributed by atoms with Gasteiger partial charge in [0.15, 0.2) is 5.82 Å². The Morgan fingerprint density at radius 1 is 1.35 bits per heavy atom. The van der Waals surface area contributed by atoms with E-state index in [4.69, 9.17) is 4.52 Å². The van der Waals surface area contributed by atoms with Crippen molar-refractivity contribution in [1.29, 1.82) is 0 Å². The first-order valence-electron chi connectivity index (χ1n) is 7.22. The van der Waals surface area contributed by atoms with Crippen LogP contribution in [0.5, 0.6) is 0 Å². The second-order valence-electron chi connectivity index (χ2n) is 5.34. The molecule has 0 atom stereocenters. The molecule has 3 aromatic rings. The minimum absolute atomic E-state index is 0.144. The number of carbonyl (C=O) groups excluding carboxylic acids is 1. The molecule has 1 amide bonds. The van der Waals surface area contributed by atoms with E-state index in [-0.39, 0.29) is 24.4 Å². The molecule has 0 aliphatic rings. The highest BCUT2D eigenvalue weighted by Crippen LogP contribution is 2.11. The molecular weight excluding hydrogens is 296 g/mol. The number of nitrogens with zero attached hydrogens (tertiary/aromatic N) is 3. The van der Waals surface area contributed by atoms with Crippen LogP contribution in [0.3, 0.4) is 0 Å². The normalized spacial score (nSPS) is 10.9. The van der Waals surface area contributed by atoms with Crippen LogP contribution in [0.15, 0.2) is 39.9 Å². The first-order chi connectivity index (χ1) is 11.0. The van der Waals surface area contributed by atoms with E-state index in [9.17, 15) is 9.59 Å². The third-order valence-corrected chi connectivity index (χ3v) is 3.53. The summed E-state index contributed by atoms with van der Waals surface area (Å²) in [5, 5.41) is 6.87. The van der Waals surface area contributed by atoms with Gasteiger partial charge in [0.25, 0.3) is 5.56 Å². The van der Waals surface area contributed by atoms with Crippen molar-refractivity contribution in [2.45, 2.75) is 26.8 Å². The summed E-state index contributed by atoms with van der Waals surface area (Å²) in [4.78, 5) is 28.6. The quantitative estimate of drug-likeness (QED) is 0.796. The van der Waals surface area contributed by atoms with Crippen LogP contribution in [0.2, 0.25) is 0 Å². The molecule has 2 heterocycles. The van der Waals surface area contributed by atoms with Crippen LogP contribution < -0.4 is 10.9 Å². The van der Waals surface area contributed by atoms with E-state index in [1.54, 1.807) is 19.1 Å². The number of fused-ring (bicyclic) bond motifs is 1. The molecule has 0 saturated heterocycles. The number of carbonyl (C=O) groups is 1. The van der Waals surface area contributed by atoms with Gasteiger partial charge in [-0.1, -0.05) is 17.3 Å². The van der Waals surface area contributed by atoms with Crippen molar-refractivity contribution in [1.82, 2.24) is 14.7 Å². The van der Waals surface area contributed by atoms with E-state index < -0.39 is 0 Å². The van der Waals surface area contributed by atoms with Crippen LogP contribution in [0.25, 0.3) is 10.9 Å². The number of nitrogens with one attached hydrogen (secondary N) is 1. The highest BCUT2D eigenvalue weighted by Gasteiger charge is 2.09. The fourth-order valence-corrected chi connectivity index (χ4v) is 2.35. The van der Waals surface area contributed by atoms with Gasteiger partial charge in [-0.15, -0.1) is 0 Å². The van der Waals surface area contributed by atoms with Crippen LogP contribution in [0.1, 0.15) is 17.7 Å². The largest absolute Gasteiger partial charge is 0.360 e. The molecule has 1 aromatic carbocycles. The second kappa shape index (κ2) is 6.04. The van der Waals surface area contributed by atoms with E-state index in [1.807, 2.05) is 19.1 Å². The molecule has 3 rings (SSSR count). The fourth-order valence-electron chi connectivity index (χ4n) is 2.35. The van der Waals surface area contributed by atoms with Gasteiger partial charge in [-0.3, -0.25) is 14.2 Å². The highest BCUT2D eigenvalue weighted by atomic mass is 16.5. The SMILES string of the molecule is Cc1cc(NC(=O)CCn2cnc3c(C)cccc3c2=O)no1. The van der Waals surface area contributed by atoms with Gasteiger partial charge < -0.3 is 9.84 Å². The molecule has 1 N–H and O–H groups in total. The summed E-state index contributed by atoms with van der Waals surface area (Å²) in [6, 6.07) is 7.11. The third kappa shape index (κ3) is 3.13. The van der Waals surface area contributed by atoms with E-state index >= 15 is 0 Å². The summed E-state index contributed by atoms with van der Waals surface area (Å²) < 4.78 is 6.32. The average Bonchev–Trinajstić information content (AvgIpc) is 2.92. The number of aromatic nitrogens is 3. The Balaban J connectivity index is 1.73. The van der Waals surface area contributed by atoms with Crippen molar-refractivity contribution in [3.8, 4) is 0 Å². The van der Waals surface area contributed by atoms with Gasteiger partial charge in [0, 0.05) is 19.0 Å². The predicted molar refractivity (Wildman–Crippen MR) is 85.2 cm³/mol. The molecule has 0 aliphatic heterocycles. The lowest BCUT2D eigenvalue weighted by molar-refractivity contribution is -0.116. The molecule has 0 unspecified atom stereocenters. The van der Waals surface area contributed by atoms with Crippen LogP contribution >= 0.6 is 0 Å². The summed E-state index contributed by atoms with van der Waals surface area (Å²) in [6.07, 6.45) is 1.62. The molecule has 0 radical (unpaired) electrons. The van der Waals surface area contributed by atoms with Crippen molar-refractivity contribution in [2.75, 3.05) is 5.32 Å². The van der Waals surface area contributed by atoms with Crippen molar-refractivity contribution in [2.24, 2.45) is 0 Å². The van der Waals surface area contributed by atoms with Gasteiger partial charge in [0.2, 0.25) is 5.91 Å². The Hall–Kier alpha value is -2.96. The van der Waals surface area contributed by atoms with Crippen molar-refractivity contribution in [3.63, 3.8) is 0 Å². The third-order valence-electron chi connectivity index (χ3n) is 3.53. The van der Waals surface area contributed by atoms with Crippen LogP contribution in [0.4, 0.5) is 5.82 Å². The average molecular weight is 312 g/mol. The van der Waals surface area contributed by atoms with Gasteiger partial charge >= 0.3 is 0 Å². The zero-order valence-corrected chi connectivity index (χ0v) is 12.9. The number of aryl methyl sites for hydroxylation is 3. The minimum atomic E-state index is -0.241. The maximum absolute atomic E-state index is 12.4. The molecule has 0 aliphatic carbocycles. The van der Waals surface area contributed by atoms with Crippen LogP contribution in [-0.2, 0) is 11.3 Å². The summed E-state index contributed by atoms with van der Waals surface area (Å²) in [5.41, 5.74) is 1.49. The van der Waals surface area contributed by atoms with Gasteiger partial charge in [-0.05, 0) is 25.5 Å². The van der Waals surface area contributed by atoms with Gasteiger partial charge in [-0.2, -0.15) is 0 Å². The molecule has 118 valence electrons. The first-order valence-corrected chi connectivity index (χ1v) is 7.22. The Labute approximate surface area is 131 Å². The number of hydrogen-bond acceptors (Lipinski definition) is 5. The first kappa shape index (κ1) is 15.0. The summed E-state index contributed by atoms with van der Waals surface area (Å²) in [6.45, 7) is 3.90. The zero-order valence-electron chi connectivity index (χ0n) is 12.9. The lowest BCUT2D eigenvalue weighted by atomic mass is 10.1. The van der Waals surface area contributed by atoms with Crippen molar-refractivity contribution in [3.05, 3.63) is 52.3 Å². The maximum Gasteiger partial charge on any atom is 0.261 e. The lowest BCUT2D eigenvalue weighted by Crippen LogP contribution is -2.23. The molecule has 2 aromatic heterocycles. The molecule has 23 heavy (non-hydrogen) atoms. The van der Waals surface area contributed by atoms with Gasteiger partial charge in [0.1, 0.15) is 5.76 Å². The van der Waals surface area contributed by atoms with E-state index in [0.717, 1.165) is 5.56 Å². The molecule has 0 saturated carbocycles. The highest BCUT2D eigenvalue weighted by molar-refractivity contribution is 5.89. The monoisotopic (exact) mass is 312 g/mol. The Kier molecular flexibility index (Phi) is 3.92. The Morgan fingerprint density at radius 3 is 2.91 bits per heavy atom. The summed E-state index contributed by atoms with van der Waals surface area (Å²) >= 11 is 0. The predicted octanol–water partition coefficient (Wildman–Crippen LogP) is 2.03. The fraction of sp³-hybridized carbons (Fsp3) is 0.250. The van der Waals surface area contributed by atoms with Crippen LogP contribution in [-0.4, -0.2) is 20.6 Å². The smallest absolute Gasteiger partial charge is 0.261 e. The van der Waals surface area contributed by atoms with Crippen molar-refractivity contribution < 1.29 is 9.32 Å². The topological polar surface area (TPSA) is 90.0 Å². The molecule has 0 bridgehead atoms. The van der Waals surface area contributed by atoms with Gasteiger partial charge in [-0.25, -0.2) is 4.98 Å². The molecule has 0 spiro atoms. The van der Waals surface area contributed by atoms with E-state index in [2.05, 4.69) is 15.5 Å². The van der Waals surface area contributed by atoms with Gasteiger partial charge in [0.05, 0.1) is 17.2 Å². The summed E-state index contributed by atoms with van der Waals surface area (Å²) in [7, 11) is 0. The molecule has 7 heteroatoms. The Morgan fingerprint density at radius 2 is 2.17 bits per heavy atom. The minimum Gasteiger partial charge on any atom is -0.360 e. The van der Waals surface area contributed by atoms with Crippen molar-refractivity contribution >= 4 is 22.6 Å². The molecule has 0 fully saturated rings. The number of hydrogen-bond donors (Lipinski definition) is 1. The number of benzene rings is 1. The standard InChI is InChI=1S/C16H16N4O3/c1-10-4-3-5-12-15(10)17-9-20(16(12)22)7-6-14(21)18-13-8-11(2)23-19-13/h3-5,8-9H,6-7H2,1-2H3,(H,18,19,21). The van der Waals surface area contributed by atoms with E-state index in [0.29, 0.717) is 22.5 Å². The number of para-hydroxylation sites is 1. The Bertz CT molecular complexity index is 926. The lowest BCUT2D eigenvalue weighted by Gasteiger charge is -2.07. The molecule has 7 nitrogen and oxygen atoms in total. The number of amides is 1. The van der Waals surface area contributed by atoms with E-state index in [1.165, 1.54) is 10.9 Å². The number of anilines is 1. The zero-order chi connectivity index (χ0) is 16.4. The molecular formula is C16H16N4O3. The number of rotatable bonds is 4. The second-order valence-corrected chi connectivity index (χ2v) is 5.34. The van der Waals surface area contributed by atoms with Crippen LogP contribution in [0, 0.1) is 13.8 Å².